The average molecular weight is 269 g/mol. The number of ether oxygens (including phenoxy) is 1. The third-order valence-corrected chi connectivity index (χ3v) is 4.81. The first-order chi connectivity index (χ1) is 8.96. The molecule has 2 aliphatic rings. The van der Waals surface area contributed by atoms with E-state index in [-0.39, 0.29) is 6.10 Å². The van der Waals surface area contributed by atoms with Crippen molar-refractivity contribution in [3.8, 4) is 0 Å². The zero-order chi connectivity index (χ0) is 13.9. The van der Waals surface area contributed by atoms with Gasteiger partial charge in [-0.1, -0.05) is 13.8 Å². The third-order valence-electron chi connectivity index (χ3n) is 4.81. The topological polar surface area (TPSA) is 32.7 Å². The molecule has 19 heavy (non-hydrogen) atoms. The van der Waals surface area contributed by atoms with Crippen LogP contribution in [-0.2, 0) is 4.74 Å². The van der Waals surface area contributed by atoms with Crippen molar-refractivity contribution in [1.82, 2.24) is 4.90 Å². The number of hydrogen-bond acceptors (Lipinski definition) is 3. The fraction of sp³-hybridized carbons (Fsp3) is 1.00. The first-order valence-electron chi connectivity index (χ1n) is 7.94. The summed E-state index contributed by atoms with van der Waals surface area (Å²) in [6.45, 7) is 7.61. The molecule has 0 bridgehead atoms. The molecule has 3 unspecified atom stereocenters. The fourth-order valence-electron chi connectivity index (χ4n) is 3.68. The molecule has 1 aliphatic heterocycles. The van der Waals surface area contributed by atoms with Crippen molar-refractivity contribution in [1.29, 1.82) is 0 Å². The molecule has 3 atom stereocenters. The minimum Gasteiger partial charge on any atom is -0.393 e. The molecule has 1 saturated heterocycles. The molecule has 1 heterocycles. The van der Waals surface area contributed by atoms with Crippen LogP contribution in [0.1, 0.15) is 52.4 Å². The van der Waals surface area contributed by atoms with E-state index in [2.05, 4.69) is 25.8 Å². The predicted octanol–water partition coefficient (Wildman–Crippen LogP) is 2.67. The SMILES string of the molecule is CN(CC1CCCCO1)CC1CC(C)(C)CCC1O. The van der Waals surface area contributed by atoms with Crippen molar-refractivity contribution < 1.29 is 9.84 Å². The van der Waals surface area contributed by atoms with Crippen molar-refractivity contribution in [3.63, 3.8) is 0 Å². The maximum Gasteiger partial charge on any atom is 0.0701 e. The van der Waals surface area contributed by atoms with E-state index < -0.39 is 0 Å². The quantitative estimate of drug-likeness (QED) is 0.851. The number of hydrogen-bond donors (Lipinski definition) is 1. The molecule has 1 saturated carbocycles. The van der Waals surface area contributed by atoms with Crippen LogP contribution >= 0.6 is 0 Å². The summed E-state index contributed by atoms with van der Waals surface area (Å²) < 4.78 is 5.80. The molecule has 0 amide bonds. The molecule has 1 N–H and O–H groups in total. The van der Waals surface area contributed by atoms with Gasteiger partial charge in [-0.3, -0.25) is 0 Å². The number of likely N-dealkylation sites (N-methyl/N-ethyl adjacent to an activating group) is 1. The molecule has 0 spiro atoms. The molecule has 0 aromatic heterocycles. The van der Waals surface area contributed by atoms with Crippen LogP contribution in [0, 0.1) is 11.3 Å². The van der Waals surface area contributed by atoms with Crippen LogP contribution in [0.2, 0.25) is 0 Å². The zero-order valence-corrected chi connectivity index (χ0v) is 12.9. The monoisotopic (exact) mass is 269 g/mol. The maximum absolute atomic E-state index is 10.2. The lowest BCUT2D eigenvalue weighted by atomic mass is 9.71. The Labute approximate surface area is 118 Å². The first-order valence-corrected chi connectivity index (χ1v) is 7.94. The van der Waals surface area contributed by atoms with Gasteiger partial charge in [0.15, 0.2) is 0 Å². The summed E-state index contributed by atoms with van der Waals surface area (Å²) in [5, 5.41) is 10.2. The molecular weight excluding hydrogens is 238 g/mol. The Morgan fingerprint density at radius 2 is 2.00 bits per heavy atom. The lowest BCUT2D eigenvalue weighted by molar-refractivity contribution is -0.0221. The molecule has 3 nitrogen and oxygen atoms in total. The molecule has 2 rings (SSSR count). The van der Waals surface area contributed by atoms with E-state index in [1.165, 1.54) is 19.3 Å². The van der Waals surface area contributed by atoms with Gasteiger partial charge in [0.1, 0.15) is 0 Å². The summed E-state index contributed by atoms with van der Waals surface area (Å²) in [5.41, 5.74) is 0.395. The lowest BCUT2D eigenvalue weighted by Gasteiger charge is -2.40. The van der Waals surface area contributed by atoms with Crippen molar-refractivity contribution in [2.45, 2.75) is 64.6 Å². The van der Waals surface area contributed by atoms with Crippen LogP contribution in [0.15, 0.2) is 0 Å². The third kappa shape index (κ3) is 4.73. The van der Waals surface area contributed by atoms with Gasteiger partial charge in [-0.2, -0.15) is 0 Å². The Kier molecular flexibility index (Phi) is 5.27. The van der Waals surface area contributed by atoms with Gasteiger partial charge < -0.3 is 14.7 Å². The molecule has 1 aliphatic carbocycles. The maximum atomic E-state index is 10.2. The van der Waals surface area contributed by atoms with Crippen molar-refractivity contribution in [2.75, 3.05) is 26.7 Å². The second-order valence-electron chi connectivity index (χ2n) is 7.44. The van der Waals surface area contributed by atoms with Gasteiger partial charge in [0.2, 0.25) is 0 Å². The summed E-state index contributed by atoms with van der Waals surface area (Å²) in [6, 6.07) is 0. The van der Waals surface area contributed by atoms with E-state index in [9.17, 15) is 5.11 Å². The Morgan fingerprint density at radius 1 is 1.21 bits per heavy atom. The van der Waals surface area contributed by atoms with Gasteiger partial charge in [0.25, 0.3) is 0 Å². The van der Waals surface area contributed by atoms with Gasteiger partial charge in [-0.15, -0.1) is 0 Å². The normalized spacial score (nSPS) is 35.5. The number of nitrogens with zero attached hydrogens (tertiary/aromatic N) is 1. The first kappa shape index (κ1) is 15.3. The van der Waals surface area contributed by atoms with E-state index >= 15 is 0 Å². The van der Waals surface area contributed by atoms with E-state index in [4.69, 9.17) is 4.74 Å². The van der Waals surface area contributed by atoms with Crippen molar-refractivity contribution in [2.24, 2.45) is 11.3 Å². The lowest BCUT2D eigenvalue weighted by Crippen LogP contribution is -2.42. The zero-order valence-electron chi connectivity index (χ0n) is 12.9. The molecule has 112 valence electrons. The minimum absolute atomic E-state index is 0.109. The van der Waals surface area contributed by atoms with Crippen LogP contribution in [0.4, 0.5) is 0 Å². The van der Waals surface area contributed by atoms with E-state index in [1.54, 1.807) is 0 Å². The molecule has 0 radical (unpaired) electrons. The standard InChI is InChI=1S/C16H31NO2/c1-16(2)8-7-15(18)13(10-16)11-17(3)12-14-6-4-5-9-19-14/h13-15,18H,4-12H2,1-3H3. The van der Waals surface area contributed by atoms with Crippen LogP contribution in [-0.4, -0.2) is 49.0 Å². The van der Waals surface area contributed by atoms with Crippen molar-refractivity contribution in [3.05, 3.63) is 0 Å². The predicted molar refractivity (Wildman–Crippen MR) is 78.2 cm³/mol. The van der Waals surface area contributed by atoms with Crippen LogP contribution in [0.3, 0.4) is 0 Å². The van der Waals surface area contributed by atoms with E-state index in [0.717, 1.165) is 39.0 Å². The summed E-state index contributed by atoms with van der Waals surface area (Å²) >= 11 is 0. The number of aliphatic hydroxyl groups excluding tert-OH is 1. The van der Waals surface area contributed by atoms with E-state index in [1.807, 2.05) is 0 Å². The average Bonchev–Trinajstić information content (AvgIpc) is 2.35. The largest absolute Gasteiger partial charge is 0.393 e. The highest BCUT2D eigenvalue weighted by atomic mass is 16.5. The van der Waals surface area contributed by atoms with Crippen LogP contribution < -0.4 is 0 Å². The van der Waals surface area contributed by atoms with Gasteiger partial charge in [-0.05, 0) is 56.9 Å². The van der Waals surface area contributed by atoms with Crippen LogP contribution in [0.25, 0.3) is 0 Å². The Bertz CT molecular complexity index is 274. The van der Waals surface area contributed by atoms with Gasteiger partial charge in [0.05, 0.1) is 12.2 Å². The highest BCUT2D eigenvalue weighted by molar-refractivity contribution is 4.86. The summed E-state index contributed by atoms with van der Waals surface area (Å²) in [7, 11) is 2.17. The minimum atomic E-state index is -0.109. The highest BCUT2D eigenvalue weighted by Gasteiger charge is 2.34. The Morgan fingerprint density at radius 3 is 2.68 bits per heavy atom. The molecule has 0 aromatic rings. The Hall–Kier alpha value is -0.120. The highest BCUT2D eigenvalue weighted by Crippen LogP contribution is 2.38. The molecule has 0 aromatic carbocycles. The van der Waals surface area contributed by atoms with Crippen LogP contribution in [0.5, 0.6) is 0 Å². The molecule has 2 fully saturated rings. The van der Waals surface area contributed by atoms with Gasteiger partial charge in [0, 0.05) is 19.7 Å². The second-order valence-corrected chi connectivity index (χ2v) is 7.44. The molecular formula is C16H31NO2. The fourth-order valence-corrected chi connectivity index (χ4v) is 3.68. The summed E-state index contributed by atoms with van der Waals surface area (Å²) in [6.07, 6.45) is 7.28. The van der Waals surface area contributed by atoms with Gasteiger partial charge in [-0.25, -0.2) is 0 Å². The van der Waals surface area contributed by atoms with E-state index in [0.29, 0.717) is 17.4 Å². The van der Waals surface area contributed by atoms with Gasteiger partial charge >= 0.3 is 0 Å². The Balaban J connectivity index is 1.78. The summed E-state index contributed by atoms with van der Waals surface area (Å²) in [5.74, 6) is 0.428. The summed E-state index contributed by atoms with van der Waals surface area (Å²) in [4.78, 5) is 2.37. The smallest absolute Gasteiger partial charge is 0.0701 e. The number of aliphatic hydroxyl groups is 1. The van der Waals surface area contributed by atoms with Crippen molar-refractivity contribution >= 4 is 0 Å². The number of rotatable bonds is 4. The molecule has 3 heteroatoms. The second kappa shape index (κ2) is 6.55.